The van der Waals surface area contributed by atoms with Crippen molar-refractivity contribution >= 4 is 28.6 Å². The molecule has 6 heteroatoms. The molecule has 0 fully saturated rings. The van der Waals surface area contributed by atoms with Crippen LogP contribution in [0.4, 0.5) is 0 Å². The second-order valence-electron chi connectivity index (χ2n) is 5.71. The lowest BCUT2D eigenvalue weighted by atomic mass is 10.1. The van der Waals surface area contributed by atoms with Crippen LogP contribution in [-0.4, -0.2) is 19.0 Å². The third kappa shape index (κ3) is 3.05. The van der Waals surface area contributed by atoms with Crippen molar-refractivity contribution < 1.29 is 18.7 Å². The first-order valence-electron chi connectivity index (χ1n) is 7.92. The Kier molecular flexibility index (Phi) is 4.28. The lowest BCUT2D eigenvalue weighted by Crippen LogP contribution is -2.23. The minimum Gasteiger partial charge on any atom is -0.454 e. The Hall–Kier alpha value is -2.60. The van der Waals surface area contributed by atoms with Crippen molar-refractivity contribution in [1.82, 2.24) is 5.32 Å². The standard InChI is InChI=1S/C19H17NO4S/c1-25-10-14-13-4-2-3-5-15(13)24-18(14)19(21)20-9-12-6-7-16-17(8-12)23-11-22-16/h2-8H,9-11H2,1H3,(H,20,21). The summed E-state index contributed by atoms with van der Waals surface area (Å²) in [5, 5.41) is 3.92. The van der Waals surface area contributed by atoms with Gasteiger partial charge in [-0.2, -0.15) is 11.8 Å². The summed E-state index contributed by atoms with van der Waals surface area (Å²) in [6.07, 6.45) is 2.01. The molecule has 1 aliphatic rings. The van der Waals surface area contributed by atoms with Crippen LogP contribution in [0.15, 0.2) is 46.9 Å². The Morgan fingerprint density at radius 1 is 1.16 bits per heavy atom. The number of amides is 1. The maximum absolute atomic E-state index is 12.6. The van der Waals surface area contributed by atoms with Crippen molar-refractivity contribution in [2.45, 2.75) is 12.3 Å². The summed E-state index contributed by atoms with van der Waals surface area (Å²) >= 11 is 1.66. The number of fused-ring (bicyclic) bond motifs is 2. The zero-order chi connectivity index (χ0) is 17.2. The number of hydrogen-bond acceptors (Lipinski definition) is 5. The SMILES string of the molecule is CSCc1c(C(=O)NCc2ccc3c(c2)OCO3)oc2ccccc12. The number of carbonyl (C=O) groups is 1. The number of carbonyl (C=O) groups excluding carboxylic acids is 1. The Balaban J connectivity index is 1.55. The van der Waals surface area contributed by atoms with Crippen LogP contribution in [-0.2, 0) is 12.3 Å². The van der Waals surface area contributed by atoms with Gasteiger partial charge in [-0.25, -0.2) is 0 Å². The monoisotopic (exact) mass is 355 g/mol. The van der Waals surface area contributed by atoms with Gasteiger partial charge in [0.15, 0.2) is 17.3 Å². The smallest absolute Gasteiger partial charge is 0.287 e. The molecule has 2 heterocycles. The lowest BCUT2D eigenvalue weighted by molar-refractivity contribution is 0.0924. The summed E-state index contributed by atoms with van der Waals surface area (Å²) in [4.78, 5) is 12.6. The summed E-state index contributed by atoms with van der Waals surface area (Å²) in [5.41, 5.74) is 2.62. The zero-order valence-electron chi connectivity index (χ0n) is 13.7. The molecular formula is C19H17NO4S. The average molecular weight is 355 g/mol. The Morgan fingerprint density at radius 3 is 2.88 bits per heavy atom. The minimum atomic E-state index is -0.210. The molecule has 1 aliphatic heterocycles. The number of hydrogen-bond donors (Lipinski definition) is 1. The molecule has 3 aromatic rings. The predicted octanol–water partition coefficient (Wildman–Crippen LogP) is 3.95. The number of rotatable bonds is 5. The minimum absolute atomic E-state index is 0.210. The van der Waals surface area contributed by atoms with Crippen molar-refractivity contribution in [3.05, 3.63) is 59.4 Å². The molecule has 0 saturated carbocycles. The maximum atomic E-state index is 12.6. The molecule has 0 atom stereocenters. The third-order valence-corrected chi connectivity index (χ3v) is 4.66. The molecule has 1 aromatic heterocycles. The van der Waals surface area contributed by atoms with Crippen molar-refractivity contribution in [2.75, 3.05) is 13.0 Å². The molecule has 0 spiro atoms. The van der Waals surface area contributed by atoms with E-state index in [0.29, 0.717) is 18.1 Å². The highest BCUT2D eigenvalue weighted by Crippen LogP contribution is 2.32. The molecule has 0 aliphatic carbocycles. The van der Waals surface area contributed by atoms with Gasteiger partial charge in [0.05, 0.1) is 0 Å². The predicted molar refractivity (Wildman–Crippen MR) is 97.2 cm³/mol. The molecule has 128 valence electrons. The van der Waals surface area contributed by atoms with Gasteiger partial charge < -0.3 is 19.2 Å². The van der Waals surface area contributed by atoms with Crippen molar-refractivity contribution in [2.24, 2.45) is 0 Å². The van der Waals surface area contributed by atoms with Crippen LogP contribution in [0.2, 0.25) is 0 Å². The summed E-state index contributed by atoms with van der Waals surface area (Å²) in [5.74, 6) is 2.34. The summed E-state index contributed by atoms with van der Waals surface area (Å²) in [6, 6.07) is 13.4. The number of ether oxygens (including phenoxy) is 2. The number of thioether (sulfide) groups is 1. The van der Waals surface area contributed by atoms with Gasteiger partial charge in [0.25, 0.3) is 5.91 Å². The van der Waals surface area contributed by atoms with E-state index in [1.807, 2.05) is 48.7 Å². The highest BCUT2D eigenvalue weighted by atomic mass is 32.2. The Bertz CT molecular complexity index is 934. The molecule has 25 heavy (non-hydrogen) atoms. The Morgan fingerprint density at radius 2 is 2.00 bits per heavy atom. The van der Waals surface area contributed by atoms with Crippen molar-refractivity contribution in [3.63, 3.8) is 0 Å². The fraction of sp³-hybridized carbons (Fsp3) is 0.211. The van der Waals surface area contributed by atoms with Gasteiger partial charge in [-0.15, -0.1) is 0 Å². The third-order valence-electron chi connectivity index (χ3n) is 4.08. The van der Waals surface area contributed by atoms with E-state index < -0.39 is 0 Å². The van der Waals surface area contributed by atoms with E-state index in [1.165, 1.54) is 0 Å². The van der Waals surface area contributed by atoms with E-state index in [0.717, 1.165) is 33.6 Å². The second-order valence-corrected chi connectivity index (χ2v) is 6.58. The van der Waals surface area contributed by atoms with Crippen LogP contribution >= 0.6 is 11.8 Å². The van der Waals surface area contributed by atoms with Crippen LogP contribution < -0.4 is 14.8 Å². The van der Waals surface area contributed by atoms with Gasteiger partial charge in [-0.05, 0) is 30.0 Å². The summed E-state index contributed by atoms with van der Waals surface area (Å²) in [7, 11) is 0. The van der Waals surface area contributed by atoms with E-state index in [1.54, 1.807) is 11.8 Å². The first-order chi connectivity index (χ1) is 12.3. The quantitative estimate of drug-likeness (QED) is 0.751. The molecule has 0 saturated heterocycles. The molecule has 1 amide bonds. The molecule has 2 aromatic carbocycles. The summed E-state index contributed by atoms with van der Waals surface area (Å²) < 4.78 is 16.5. The van der Waals surface area contributed by atoms with Crippen LogP contribution in [0, 0.1) is 0 Å². The first kappa shape index (κ1) is 15.9. The molecular weight excluding hydrogens is 338 g/mol. The van der Waals surface area contributed by atoms with Gasteiger partial charge in [-0.1, -0.05) is 24.3 Å². The lowest BCUT2D eigenvalue weighted by Gasteiger charge is -2.06. The van der Waals surface area contributed by atoms with E-state index in [4.69, 9.17) is 13.9 Å². The van der Waals surface area contributed by atoms with Gasteiger partial charge in [0.1, 0.15) is 5.58 Å². The zero-order valence-corrected chi connectivity index (χ0v) is 14.5. The van der Waals surface area contributed by atoms with Gasteiger partial charge >= 0.3 is 0 Å². The normalized spacial score (nSPS) is 12.5. The largest absolute Gasteiger partial charge is 0.454 e. The first-order valence-corrected chi connectivity index (χ1v) is 9.31. The fourth-order valence-electron chi connectivity index (χ4n) is 2.88. The molecule has 0 radical (unpaired) electrons. The van der Waals surface area contributed by atoms with Crippen molar-refractivity contribution in [3.8, 4) is 11.5 Å². The number of para-hydroxylation sites is 1. The second kappa shape index (κ2) is 6.72. The van der Waals surface area contributed by atoms with Crippen LogP contribution in [0.5, 0.6) is 11.5 Å². The van der Waals surface area contributed by atoms with Crippen LogP contribution in [0.3, 0.4) is 0 Å². The molecule has 1 N–H and O–H groups in total. The van der Waals surface area contributed by atoms with E-state index >= 15 is 0 Å². The van der Waals surface area contributed by atoms with Crippen LogP contribution in [0.1, 0.15) is 21.7 Å². The molecule has 0 bridgehead atoms. The molecule has 0 unspecified atom stereocenters. The summed E-state index contributed by atoms with van der Waals surface area (Å²) in [6.45, 7) is 0.632. The van der Waals surface area contributed by atoms with E-state index in [2.05, 4.69) is 5.32 Å². The number of furan rings is 1. The maximum Gasteiger partial charge on any atom is 0.287 e. The highest BCUT2D eigenvalue weighted by molar-refractivity contribution is 7.97. The highest BCUT2D eigenvalue weighted by Gasteiger charge is 2.20. The molecule has 5 nitrogen and oxygen atoms in total. The Labute approximate surface area is 149 Å². The van der Waals surface area contributed by atoms with Crippen LogP contribution in [0.25, 0.3) is 11.0 Å². The number of benzene rings is 2. The van der Waals surface area contributed by atoms with Gasteiger partial charge in [0.2, 0.25) is 6.79 Å². The fourth-order valence-corrected chi connectivity index (χ4v) is 3.46. The average Bonchev–Trinajstić information content (AvgIpc) is 3.24. The van der Waals surface area contributed by atoms with Gasteiger partial charge in [0, 0.05) is 23.2 Å². The molecule has 4 rings (SSSR count). The van der Waals surface area contributed by atoms with E-state index in [-0.39, 0.29) is 12.7 Å². The number of nitrogens with one attached hydrogen (secondary N) is 1. The topological polar surface area (TPSA) is 60.7 Å². The van der Waals surface area contributed by atoms with Crippen molar-refractivity contribution in [1.29, 1.82) is 0 Å². The van der Waals surface area contributed by atoms with Gasteiger partial charge in [-0.3, -0.25) is 4.79 Å². The van der Waals surface area contributed by atoms with E-state index in [9.17, 15) is 4.79 Å².